The van der Waals surface area contributed by atoms with Crippen molar-refractivity contribution in [2.75, 3.05) is 7.11 Å². The summed E-state index contributed by atoms with van der Waals surface area (Å²) < 4.78 is 6.17. The van der Waals surface area contributed by atoms with Gasteiger partial charge in [0.15, 0.2) is 5.71 Å². The van der Waals surface area contributed by atoms with Gasteiger partial charge in [-0.3, -0.25) is 0 Å². The molecule has 0 saturated heterocycles. The highest BCUT2D eigenvalue weighted by atomic mass is 16.6. The van der Waals surface area contributed by atoms with Crippen molar-refractivity contribution in [3.63, 3.8) is 0 Å². The molecular formula is C24H30N2O2. The maximum Gasteiger partial charge on any atom is 0.187 e. The minimum absolute atomic E-state index is 0.0242. The molecule has 2 aromatic rings. The van der Waals surface area contributed by atoms with Crippen LogP contribution >= 0.6 is 0 Å². The first-order valence-electron chi connectivity index (χ1n) is 9.44. The molecule has 0 saturated carbocycles. The zero-order valence-electron chi connectivity index (χ0n) is 18.0. The lowest BCUT2D eigenvalue weighted by Gasteiger charge is -2.26. The molecule has 148 valence electrons. The Labute approximate surface area is 168 Å². The van der Waals surface area contributed by atoms with E-state index < -0.39 is 0 Å². The van der Waals surface area contributed by atoms with Crippen LogP contribution in [-0.2, 0) is 22.3 Å². The molecule has 0 aliphatic carbocycles. The van der Waals surface area contributed by atoms with Crippen molar-refractivity contribution in [1.29, 1.82) is 5.26 Å². The van der Waals surface area contributed by atoms with E-state index in [1.165, 1.54) is 18.2 Å². The van der Waals surface area contributed by atoms with Crippen LogP contribution < -0.4 is 4.74 Å². The van der Waals surface area contributed by atoms with Crippen LogP contribution in [0.3, 0.4) is 0 Å². The summed E-state index contributed by atoms with van der Waals surface area (Å²) in [6, 6.07) is 16.2. The van der Waals surface area contributed by atoms with Gasteiger partial charge in [-0.25, -0.2) is 0 Å². The summed E-state index contributed by atoms with van der Waals surface area (Å²) in [6.45, 7) is 13.6. The van der Waals surface area contributed by atoms with Gasteiger partial charge in [0.25, 0.3) is 0 Å². The Bertz CT molecular complexity index is 862. The molecule has 0 aliphatic rings. The van der Waals surface area contributed by atoms with E-state index in [9.17, 15) is 5.26 Å². The molecule has 0 amide bonds. The molecule has 28 heavy (non-hydrogen) atoms. The molecule has 0 fully saturated rings. The lowest BCUT2D eigenvalue weighted by atomic mass is 9.80. The third kappa shape index (κ3) is 5.36. The molecule has 0 aromatic heterocycles. The van der Waals surface area contributed by atoms with Gasteiger partial charge in [0, 0.05) is 5.56 Å². The van der Waals surface area contributed by atoms with Gasteiger partial charge in [-0.05, 0) is 39.7 Å². The number of ether oxygens (including phenoxy) is 1. The molecule has 0 bridgehead atoms. The first-order valence-corrected chi connectivity index (χ1v) is 9.44. The topological polar surface area (TPSA) is 54.6 Å². The molecular weight excluding hydrogens is 348 g/mol. The highest BCUT2D eigenvalue weighted by molar-refractivity contribution is 6.12. The Morgan fingerprint density at radius 1 is 0.964 bits per heavy atom. The van der Waals surface area contributed by atoms with Crippen molar-refractivity contribution >= 4 is 5.71 Å². The van der Waals surface area contributed by atoms with Gasteiger partial charge in [-0.2, -0.15) is 5.26 Å². The normalized spacial score (nSPS) is 12.4. The van der Waals surface area contributed by atoms with Gasteiger partial charge in [0.2, 0.25) is 0 Å². The van der Waals surface area contributed by atoms with Crippen molar-refractivity contribution in [3.05, 3.63) is 64.7 Å². The largest absolute Gasteiger partial charge is 0.489 e. The Morgan fingerprint density at radius 3 is 2.04 bits per heavy atom. The molecule has 4 nitrogen and oxygen atoms in total. The summed E-state index contributed by atoms with van der Waals surface area (Å²) in [5, 5.41) is 13.2. The number of nitrogens with zero attached hydrogens (tertiary/aromatic N) is 2. The van der Waals surface area contributed by atoms with Crippen LogP contribution in [0.15, 0.2) is 47.6 Å². The van der Waals surface area contributed by atoms with E-state index >= 15 is 0 Å². The Kier molecular flexibility index (Phi) is 6.51. The SMILES string of the molecule is CON=C(C#N)c1ccccc1COc1cc(C(C)(C)C)cc(C(C)(C)C)c1. The van der Waals surface area contributed by atoms with Crippen LogP contribution in [0, 0.1) is 11.3 Å². The average Bonchev–Trinajstić information content (AvgIpc) is 2.63. The highest BCUT2D eigenvalue weighted by Crippen LogP contribution is 2.33. The summed E-state index contributed by atoms with van der Waals surface area (Å²) in [6.07, 6.45) is 0. The summed E-state index contributed by atoms with van der Waals surface area (Å²) in [4.78, 5) is 4.80. The fraction of sp³-hybridized carbons (Fsp3) is 0.417. The van der Waals surface area contributed by atoms with E-state index in [2.05, 4.69) is 71.0 Å². The van der Waals surface area contributed by atoms with Crippen LogP contribution in [0.2, 0.25) is 0 Å². The maximum absolute atomic E-state index is 9.37. The van der Waals surface area contributed by atoms with E-state index in [4.69, 9.17) is 9.57 Å². The molecule has 0 radical (unpaired) electrons. The van der Waals surface area contributed by atoms with Gasteiger partial charge >= 0.3 is 0 Å². The van der Waals surface area contributed by atoms with Crippen LogP contribution in [0.5, 0.6) is 5.75 Å². The third-order valence-corrected chi connectivity index (χ3v) is 4.59. The van der Waals surface area contributed by atoms with Crippen molar-refractivity contribution in [2.45, 2.75) is 59.0 Å². The fourth-order valence-electron chi connectivity index (χ4n) is 2.81. The summed E-state index contributed by atoms with van der Waals surface area (Å²) in [5.41, 5.74) is 4.37. The van der Waals surface area contributed by atoms with E-state index in [0.29, 0.717) is 6.61 Å². The van der Waals surface area contributed by atoms with Crippen LogP contribution in [-0.4, -0.2) is 12.8 Å². The van der Waals surface area contributed by atoms with Crippen LogP contribution in [0.1, 0.15) is 63.8 Å². The molecule has 4 heteroatoms. The zero-order valence-corrected chi connectivity index (χ0v) is 18.0. The summed E-state index contributed by atoms with van der Waals surface area (Å²) in [7, 11) is 1.43. The average molecular weight is 379 g/mol. The summed E-state index contributed by atoms with van der Waals surface area (Å²) in [5.74, 6) is 0.828. The van der Waals surface area contributed by atoms with E-state index in [-0.39, 0.29) is 16.5 Å². The molecule has 0 heterocycles. The number of rotatable bonds is 5. The van der Waals surface area contributed by atoms with Gasteiger partial charge in [0.05, 0.1) is 0 Å². The van der Waals surface area contributed by atoms with Crippen molar-refractivity contribution in [1.82, 2.24) is 0 Å². The first kappa shape index (κ1) is 21.5. The third-order valence-electron chi connectivity index (χ3n) is 4.59. The van der Waals surface area contributed by atoms with E-state index in [1.54, 1.807) is 0 Å². The summed E-state index contributed by atoms with van der Waals surface area (Å²) >= 11 is 0. The molecule has 0 atom stereocenters. The minimum atomic E-state index is 0.0242. The van der Waals surface area contributed by atoms with Gasteiger partial charge in [0.1, 0.15) is 25.5 Å². The minimum Gasteiger partial charge on any atom is -0.489 e. The van der Waals surface area contributed by atoms with Crippen molar-refractivity contribution in [3.8, 4) is 11.8 Å². The molecule has 0 spiro atoms. The van der Waals surface area contributed by atoms with Gasteiger partial charge < -0.3 is 9.57 Å². The maximum atomic E-state index is 9.37. The zero-order chi connectivity index (χ0) is 20.9. The quantitative estimate of drug-likeness (QED) is 0.493. The van der Waals surface area contributed by atoms with Crippen molar-refractivity contribution in [2.24, 2.45) is 5.16 Å². The number of hydrogen-bond acceptors (Lipinski definition) is 4. The molecule has 0 N–H and O–H groups in total. The predicted molar refractivity (Wildman–Crippen MR) is 114 cm³/mol. The standard InChI is InChI=1S/C24H30N2O2/c1-23(2,3)18-12-19(24(4,5)6)14-20(13-18)28-16-17-10-8-9-11-21(17)22(15-25)26-27-7/h8-14H,16H2,1-7H3. The lowest BCUT2D eigenvalue weighted by molar-refractivity contribution is 0.214. The predicted octanol–water partition coefficient (Wildman–Crippen LogP) is 5.73. The first-order chi connectivity index (χ1) is 13.1. The Hall–Kier alpha value is -2.80. The Balaban J connectivity index is 2.38. The second kappa shape index (κ2) is 8.48. The fourth-order valence-corrected chi connectivity index (χ4v) is 2.81. The second-order valence-electron chi connectivity index (χ2n) is 8.93. The number of oxime groups is 1. The molecule has 2 aromatic carbocycles. The van der Waals surface area contributed by atoms with Gasteiger partial charge in [-0.15, -0.1) is 0 Å². The number of benzene rings is 2. The monoisotopic (exact) mass is 378 g/mol. The van der Waals surface area contributed by atoms with E-state index in [1.807, 2.05) is 24.3 Å². The van der Waals surface area contributed by atoms with Crippen LogP contribution in [0.25, 0.3) is 0 Å². The van der Waals surface area contributed by atoms with E-state index in [0.717, 1.165) is 16.9 Å². The lowest BCUT2D eigenvalue weighted by Crippen LogP contribution is -2.16. The molecule has 0 aliphatic heterocycles. The molecule has 0 unspecified atom stereocenters. The highest BCUT2D eigenvalue weighted by Gasteiger charge is 2.21. The smallest absolute Gasteiger partial charge is 0.187 e. The number of hydrogen-bond donors (Lipinski definition) is 0. The van der Waals surface area contributed by atoms with Crippen molar-refractivity contribution < 1.29 is 9.57 Å². The second-order valence-corrected chi connectivity index (χ2v) is 8.93. The molecule has 2 rings (SSSR count). The number of nitriles is 1. The van der Waals surface area contributed by atoms with Gasteiger partial charge in [-0.1, -0.05) is 77.0 Å². The Morgan fingerprint density at radius 2 is 1.54 bits per heavy atom. The van der Waals surface area contributed by atoms with Crippen LogP contribution in [0.4, 0.5) is 0 Å².